The molecule has 0 aromatic heterocycles. The maximum absolute atomic E-state index is 13.6. The molecule has 5 aliphatic rings. The minimum atomic E-state index is -0.308. The molecule has 0 N–H and O–H groups in total. The second-order valence-corrected chi connectivity index (χ2v) is 14.3. The lowest BCUT2D eigenvalue weighted by Crippen LogP contribution is -2.70. The number of allylic oxidation sites excluding steroid dienone is 1. The van der Waals surface area contributed by atoms with Crippen molar-refractivity contribution >= 4 is 5.97 Å². The molecule has 2 bridgehead atoms. The van der Waals surface area contributed by atoms with Crippen LogP contribution in [0.4, 0.5) is 0 Å². The summed E-state index contributed by atoms with van der Waals surface area (Å²) in [6.45, 7) is 18.9. The zero-order valence-corrected chi connectivity index (χ0v) is 22.0. The Morgan fingerprint density at radius 2 is 1.73 bits per heavy atom. The summed E-state index contributed by atoms with van der Waals surface area (Å²) in [4.78, 5) is 13.6. The molecule has 1 aliphatic heterocycles. The summed E-state index contributed by atoms with van der Waals surface area (Å²) < 4.78 is 6.74. The van der Waals surface area contributed by atoms with Gasteiger partial charge in [-0.3, -0.25) is 4.79 Å². The molecule has 33 heavy (non-hydrogen) atoms. The van der Waals surface area contributed by atoms with Crippen LogP contribution < -0.4 is 0 Å². The third-order valence-corrected chi connectivity index (χ3v) is 12.7. The number of rotatable bonds is 3. The number of fused-ring (bicyclic) bond motifs is 2. The Labute approximate surface area is 201 Å². The molecule has 1 spiro atoms. The minimum absolute atomic E-state index is 0.00931. The van der Waals surface area contributed by atoms with Gasteiger partial charge in [0.05, 0.1) is 11.5 Å². The van der Waals surface area contributed by atoms with Crippen LogP contribution in [0.3, 0.4) is 0 Å². The topological polar surface area (TPSA) is 50.1 Å². The molecule has 3 nitrogen and oxygen atoms in total. The molecule has 1 heterocycles. The summed E-state index contributed by atoms with van der Waals surface area (Å²) in [6, 6.07) is 2.45. The lowest BCUT2D eigenvalue weighted by molar-refractivity contribution is -0.269. The third-order valence-electron chi connectivity index (χ3n) is 12.7. The average molecular weight is 452 g/mol. The van der Waals surface area contributed by atoms with Gasteiger partial charge in [-0.05, 0) is 99.2 Å². The van der Waals surface area contributed by atoms with E-state index in [0.717, 1.165) is 57.8 Å². The van der Waals surface area contributed by atoms with Crippen molar-refractivity contribution in [2.75, 3.05) is 0 Å². The van der Waals surface area contributed by atoms with Gasteiger partial charge < -0.3 is 4.74 Å². The minimum Gasteiger partial charge on any atom is -0.458 e. The van der Waals surface area contributed by atoms with Crippen molar-refractivity contribution in [3.8, 4) is 6.07 Å². The van der Waals surface area contributed by atoms with E-state index in [1.54, 1.807) is 0 Å². The Balaban J connectivity index is 1.62. The van der Waals surface area contributed by atoms with E-state index in [9.17, 15) is 10.1 Å². The molecule has 4 aliphatic carbocycles. The van der Waals surface area contributed by atoms with Crippen molar-refractivity contribution in [2.24, 2.45) is 44.8 Å². The smallest absolute Gasteiger partial charge is 0.313 e. The SMILES string of the molecule is C=C(C)[C@@H]1CC[C@]2(C)[C@H](CCC34OC(=O)[C@@]5(CCC(C)(C)C[C@@H]35)CC[C@]42C)[C@@]1(C)CCC#N. The van der Waals surface area contributed by atoms with Crippen molar-refractivity contribution in [2.45, 2.75) is 118 Å². The molecule has 5 rings (SSSR count). The van der Waals surface area contributed by atoms with E-state index >= 15 is 0 Å². The van der Waals surface area contributed by atoms with Gasteiger partial charge in [-0.25, -0.2) is 0 Å². The van der Waals surface area contributed by atoms with Gasteiger partial charge in [0.1, 0.15) is 5.60 Å². The Morgan fingerprint density at radius 3 is 2.39 bits per heavy atom. The van der Waals surface area contributed by atoms with Gasteiger partial charge in [-0.1, -0.05) is 46.8 Å². The Hall–Kier alpha value is -1.30. The van der Waals surface area contributed by atoms with Crippen LogP contribution in [0.25, 0.3) is 0 Å². The van der Waals surface area contributed by atoms with Crippen molar-refractivity contribution in [3.05, 3.63) is 12.2 Å². The zero-order chi connectivity index (χ0) is 24.1. The molecule has 5 fully saturated rings. The summed E-state index contributed by atoms with van der Waals surface area (Å²) >= 11 is 0. The number of hydrogen-bond acceptors (Lipinski definition) is 3. The van der Waals surface area contributed by atoms with Crippen molar-refractivity contribution in [1.29, 1.82) is 5.26 Å². The van der Waals surface area contributed by atoms with Gasteiger partial charge >= 0.3 is 5.97 Å². The molecule has 0 aromatic rings. The molecule has 8 atom stereocenters. The largest absolute Gasteiger partial charge is 0.458 e. The quantitative estimate of drug-likeness (QED) is 0.328. The van der Waals surface area contributed by atoms with Crippen LogP contribution in [0.15, 0.2) is 12.2 Å². The predicted octanol–water partition coefficient (Wildman–Crippen LogP) is 7.61. The van der Waals surface area contributed by atoms with Gasteiger partial charge in [0.25, 0.3) is 0 Å². The highest BCUT2D eigenvalue weighted by atomic mass is 16.6. The fourth-order valence-electron chi connectivity index (χ4n) is 10.7. The van der Waals surface area contributed by atoms with E-state index < -0.39 is 0 Å². The first-order chi connectivity index (χ1) is 15.3. The van der Waals surface area contributed by atoms with E-state index in [4.69, 9.17) is 4.74 Å². The zero-order valence-electron chi connectivity index (χ0n) is 22.0. The van der Waals surface area contributed by atoms with Gasteiger partial charge in [-0.15, -0.1) is 0 Å². The summed E-state index contributed by atoms with van der Waals surface area (Å²) in [5.41, 5.74) is 1.22. The first-order valence-electron chi connectivity index (χ1n) is 13.6. The van der Waals surface area contributed by atoms with Crippen molar-refractivity contribution in [3.63, 3.8) is 0 Å². The molecule has 1 unspecified atom stereocenters. The van der Waals surface area contributed by atoms with Crippen LogP contribution in [0.5, 0.6) is 0 Å². The summed E-state index contributed by atoms with van der Waals surface area (Å²) in [6.07, 6.45) is 11.4. The monoisotopic (exact) mass is 451 g/mol. The van der Waals surface area contributed by atoms with E-state index in [1.165, 1.54) is 12.0 Å². The molecular weight excluding hydrogens is 406 g/mol. The fraction of sp³-hybridized carbons (Fsp3) is 0.867. The second kappa shape index (κ2) is 6.89. The number of carbonyl (C=O) groups is 1. The number of carbonyl (C=O) groups excluding carboxylic acids is 1. The normalized spacial score (nSPS) is 52.0. The Morgan fingerprint density at radius 1 is 1.03 bits per heavy atom. The molecule has 3 heteroatoms. The maximum Gasteiger partial charge on any atom is 0.313 e. The van der Waals surface area contributed by atoms with Gasteiger partial charge in [0.2, 0.25) is 0 Å². The highest BCUT2D eigenvalue weighted by Crippen LogP contribution is 2.79. The van der Waals surface area contributed by atoms with Gasteiger partial charge in [-0.2, -0.15) is 5.26 Å². The number of nitrogens with zero attached hydrogens (tertiary/aromatic N) is 1. The van der Waals surface area contributed by atoms with E-state index in [0.29, 0.717) is 24.2 Å². The molecular formula is C30H45NO2. The molecule has 0 amide bonds. The number of nitriles is 1. The Bertz CT molecular complexity index is 930. The molecule has 182 valence electrons. The summed E-state index contributed by atoms with van der Waals surface area (Å²) in [5.74, 6) is 1.51. The van der Waals surface area contributed by atoms with E-state index in [1.807, 2.05) is 0 Å². The number of hydrogen-bond donors (Lipinski definition) is 0. The lowest BCUT2D eigenvalue weighted by Gasteiger charge is -2.72. The van der Waals surface area contributed by atoms with E-state index in [2.05, 4.69) is 54.2 Å². The van der Waals surface area contributed by atoms with Crippen molar-refractivity contribution < 1.29 is 9.53 Å². The number of esters is 1. The van der Waals surface area contributed by atoms with Crippen LogP contribution in [-0.2, 0) is 9.53 Å². The second-order valence-electron chi connectivity index (χ2n) is 14.3. The van der Waals surface area contributed by atoms with Crippen LogP contribution >= 0.6 is 0 Å². The molecule has 0 aromatic carbocycles. The van der Waals surface area contributed by atoms with Crippen LogP contribution in [0.1, 0.15) is 112 Å². The fourth-order valence-corrected chi connectivity index (χ4v) is 10.7. The maximum atomic E-state index is 13.6. The third kappa shape index (κ3) is 2.65. The van der Waals surface area contributed by atoms with Gasteiger partial charge in [0.15, 0.2) is 0 Å². The van der Waals surface area contributed by atoms with Crippen LogP contribution in [-0.4, -0.2) is 11.6 Å². The molecule has 0 radical (unpaired) electrons. The van der Waals surface area contributed by atoms with Gasteiger partial charge in [0, 0.05) is 17.8 Å². The van der Waals surface area contributed by atoms with Crippen LogP contribution in [0.2, 0.25) is 0 Å². The summed E-state index contributed by atoms with van der Waals surface area (Å²) in [5, 5.41) is 9.50. The molecule has 4 saturated carbocycles. The number of ether oxygens (including phenoxy) is 1. The Kier molecular flexibility index (Phi) is 4.89. The highest BCUT2D eigenvalue weighted by molar-refractivity contribution is 5.81. The highest BCUT2D eigenvalue weighted by Gasteiger charge is 2.80. The lowest BCUT2D eigenvalue weighted by atomic mass is 9.32. The van der Waals surface area contributed by atoms with Crippen LogP contribution in [0, 0.1) is 56.2 Å². The first kappa shape index (κ1) is 23.4. The summed E-state index contributed by atoms with van der Waals surface area (Å²) in [7, 11) is 0. The standard InChI is InChI=1S/C30H45NO2/c1-20(2)21-9-12-27(6)22(26(21,5)11-8-18-31)10-13-30-23-19-25(3,4)14-16-29(23,24(32)33-30)17-15-28(27,30)7/h21-23H,1,8-17,19H2,2-7H3/t21-,22+,23+,26-,27+,28-,29-,30?/m0/s1. The predicted molar refractivity (Wildman–Crippen MR) is 131 cm³/mol. The van der Waals surface area contributed by atoms with Crippen molar-refractivity contribution in [1.82, 2.24) is 0 Å². The molecule has 1 saturated heterocycles. The average Bonchev–Trinajstić information content (AvgIpc) is 2.90. The first-order valence-corrected chi connectivity index (χ1v) is 13.6. The van der Waals surface area contributed by atoms with E-state index in [-0.39, 0.29) is 38.6 Å².